The Labute approximate surface area is 119 Å². The van der Waals surface area contributed by atoms with Crippen molar-refractivity contribution in [2.75, 3.05) is 5.73 Å². The van der Waals surface area contributed by atoms with E-state index in [1.165, 1.54) is 18.2 Å². The molecule has 0 unspecified atom stereocenters. The normalized spacial score (nSPS) is 10.5. The van der Waals surface area contributed by atoms with Crippen molar-refractivity contribution < 1.29 is 4.92 Å². The first-order chi connectivity index (χ1) is 10.1. The zero-order valence-corrected chi connectivity index (χ0v) is 10.9. The Hall–Kier alpha value is -3.22. The summed E-state index contributed by atoms with van der Waals surface area (Å²) < 4.78 is 0. The maximum absolute atomic E-state index is 10.8. The van der Waals surface area contributed by atoms with Crippen molar-refractivity contribution >= 4 is 11.4 Å². The summed E-state index contributed by atoms with van der Waals surface area (Å²) in [4.78, 5) is 14.7. The molecule has 3 aromatic rings. The van der Waals surface area contributed by atoms with Crippen LogP contribution in [-0.2, 0) is 0 Å². The maximum Gasteiger partial charge on any atom is 0.270 e. The molecular weight excluding hydrogens is 270 g/mol. The van der Waals surface area contributed by atoms with Gasteiger partial charge in [0.2, 0.25) is 0 Å². The van der Waals surface area contributed by atoms with Gasteiger partial charge < -0.3 is 5.73 Å². The fourth-order valence-corrected chi connectivity index (χ4v) is 1.96. The lowest BCUT2D eigenvalue weighted by Gasteiger charge is -2.01. The van der Waals surface area contributed by atoms with Crippen LogP contribution in [-0.4, -0.2) is 20.1 Å². The fraction of sp³-hybridized carbons (Fsp3) is 0. The Bertz CT molecular complexity index is 798. The molecule has 7 heteroatoms. The average molecular weight is 281 g/mol. The van der Waals surface area contributed by atoms with Crippen molar-refractivity contribution in [2.45, 2.75) is 0 Å². The minimum absolute atomic E-state index is 0.0446. The van der Waals surface area contributed by atoms with E-state index in [-0.39, 0.29) is 5.69 Å². The van der Waals surface area contributed by atoms with Crippen LogP contribution in [0.15, 0.2) is 48.5 Å². The zero-order valence-electron chi connectivity index (χ0n) is 10.9. The van der Waals surface area contributed by atoms with Crippen LogP contribution in [0.3, 0.4) is 0 Å². The van der Waals surface area contributed by atoms with Gasteiger partial charge in [-0.1, -0.05) is 30.3 Å². The molecule has 3 rings (SSSR count). The predicted molar refractivity (Wildman–Crippen MR) is 78.3 cm³/mol. The van der Waals surface area contributed by atoms with Crippen molar-refractivity contribution in [3.05, 3.63) is 58.6 Å². The summed E-state index contributed by atoms with van der Waals surface area (Å²) >= 11 is 0. The van der Waals surface area contributed by atoms with Crippen LogP contribution in [0.25, 0.3) is 22.8 Å². The number of aromatic amines is 1. The molecule has 0 aliphatic carbocycles. The van der Waals surface area contributed by atoms with Crippen LogP contribution in [0, 0.1) is 10.1 Å². The number of nitrogens with two attached hydrogens (primary N) is 1. The van der Waals surface area contributed by atoms with E-state index in [1.807, 2.05) is 30.3 Å². The molecule has 3 N–H and O–H groups in total. The van der Waals surface area contributed by atoms with E-state index in [2.05, 4.69) is 15.2 Å². The number of nitro benzene ring substituents is 1. The summed E-state index contributed by atoms with van der Waals surface area (Å²) in [5, 5.41) is 17.7. The molecule has 7 nitrogen and oxygen atoms in total. The molecule has 0 radical (unpaired) electrons. The highest BCUT2D eigenvalue weighted by Crippen LogP contribution is 2.28. The molecule has 0 atom stereocenters. The number of nitrogens with zero attached hydrogens (tertiary/aromatic N) is 3. The Kier molecular flexibility index (Phi) is 3.07. The molecule has 0 amide bonds. The topological polar surface area (TPSA) is 111 Å². The Balaban J connectivity index is 2.04. The monoisotopic (exact) mass is 281 g/mol. The molecule has 2 aromatic carbocycles. The van der Waals surface area contributed by atoms with Gasteiger partial charge in [0.1, 0.15) is 0 Å². The zero-order chi connectivity index (χ0) is 14.8. The smallest absolute Gasteiger partial charge is 0.270 e. The van der Waals surface area contributed by atoms with Crippen LogP contribution in [0.4, 0.5) is 11.4 Å². The number of nitrogens with one attached hydrogen (secondary N) is 1. The number of aromatic nitrogens is 3. The lowest BCUT2D eigenvalue weighted by atomic mass is 10.1. The lowest BCUT2D eigenvalue weighted by molar-refractivity contribution is -0.384. The molecule has 1 heterocycles. The number of anilines is 1. The summed E-state index contributed by atoms with van der Waals surface area (Å²) in [6.07, 6.45) is 0. The summed E-state index contributed by atoms with van der Waals surface area (Å²) in [6, 6.07) is 13.6. The van der Waals surface area contributed by atoms with Crippen LogP contribution in [0.1, 0.15) is 0 Å². The molecule has 0 aliphatic heterocycles. The highest BCUT2D eigenvalue weighted by atomic mass is 16.6. The van der Waals surface area contributed by atoms with E-state index < -0.39 is 4.92 Å². The third-order valence-corrected chi connectivity index (χ3v) is 3.02. The molecular formula is C14H11N5O2. The number of hydrogen-bond acceptors (Lipinski definition) is 5. The molecule has 0 bridgehead atoms. The van der Waals surface area contributed by atoms with E-state index in [9.17, 15) is 10.1 Å². The Morgan fingerprint density at radius 3 is 2.62 bits per heavy atom. The second kappa shape index (κ2) is 5.04. The van der Waals surface area contributed by atoms with Crippen LogP contribution in [0.2, 0.25) is 0 Å². The Morgan fingerprint density at radius 2 is 1.90 bits per heavy atom. The van der Waals surface area contributed by atoms with Crippen molar-refractivity contribution in [3.8, 4) is 22.8 Å². The summed E-state index contributed by atoms with van der Waals surface area (Å²) in [5.41, 5.74) is 7.52. The van der Waals surface area contributed by atoms with Crippen molar-refractivity contribution in [1.29, 1.82) is 0 Å². The maximum atomic E-state index is 10.8. The van der Waals surface area contributed by atoms with Gasteiger partial charge in [-0.05, 0) is 6.07 Å². The third-order valence-electron chi connectivity index (χ3n) is 3.02. The SMILES string of the molecule is Nc1ccc([N+](=O)[O-])cc1-c1nc(-c2ccccc2)n[nH]1. The fourth-order valence-electron chi connectivity index (χ4n) is 1.96. The Morgan fingerprint density at radius 1 is 1.14 bits per heavy atom. The van der Waals surface area contributed by atoms with Crippen molar-refractivity contribution in [1.82, 2.24) is 15.2 Å². The van der Waals surface area contributed by atoms with E-state index in [0.717, 1.165) is 5.56 Å². The van der Waals surface area contributed by atoms with Gasteiger partial charge in [-0.3, -0.25) is 15.2 Å². The number of nitro groups is 1. The minimum Gasteiger partial charge on any atom is -0.398 e. The molecule has 0 aliphatic rings. The van der Waals surface area contributed by atoms with Crippen molar-refractivity contribution in [2.24, 2.45) is 0 Å². The number of nitrogen functional groups attached to an aromatic ring is 1. The van der Waals surface area contributed by atoms with E-state index >= 15 is 0 Å². The molecule has 21 heavy (non-hydrogen) atoms. The molecule has 104 valence electrons. The van der Waals surface area contributed by atoms with E-state index in [4.69, 9.17) is 5.73 Å². The van der Waals surface area contributed by atoms with Gasteiger partial charge in [0, 0.05) is 28.9 Å². The van der Waals surface area contributed by atoms with Gasteiger partial charge in [0.25, 0.3) is 5.69 Å². The number of H-pyrrole nitrogens is 1. The standard InChI is InChI=1S/C14H11N5O2/c15-12-7-6-10(19(20)21)8-11(12)14-16-13(17-18-14)9-4-2-1-3-5-9/h1-8H,15H2,(H,16,17,18). The molecule has 0 saturated carbocycles. The summed E-state index contributed by atoms with van der Waals surface area (Å²) in [6.45, 7) is 0. The summed E-state index contributed by atoms with van der Waals surface area (Å²) in [5.74, 6) is 0.909. The van der Waals surface area contributed by atoms with Gasteiger partial charge in [-0.25, -0.2) is 4.98 Å². The largest absolute Gasteiger partial charge is 0.398 e. The van der Waals surface area contributed by atoms with Gasteiger partial charge >= 0.3 is 0 Å². The van der Waals surface area contributed by atoms with Gasteiger partial charge in [0.05, 0.1) is 4.92 Å². The summed E-state index contributed by atoms with van der Waals surface area (Å²) in [7, 11) is 0. The molecule has 0 spiro atoms. The first kappa shape index (κ1) is 12.8. The number of rotatable bonds is 3. The van der Waals surface area contributed by atoms with Gasteiger partial charge in [0.15, 0.2) is 11.6 Å². The lowest BCUT2D eigenvalue weighted by Crippen LogP contribution is -1.94. The number of benzene rings is 2. The first-order valence-electron chi connectivity index (χ1n) is 6.17. The average Bonchev–Trinajstić information content (AvgIpc) is 2.98. The van der Waals surface area contributed by atoms with Crippen LogP contribution < -0.4 is 5.73 Å². The highest BCUT2D eigenvalue weighted by Gasteiger charge is 2.14. The quantitative estimate of drug-likeness (QED) is 0.435. The van der Waals surface area contributed by atoms with E-state index in [1.54, 1.807) is 0 Å². The molecule has 1 aromatic heterocycles. The first-order valence-corrected chi connectivity index (χ1v) is 6.17. The van der Waals surface area contributed by atoms with Crippen LogP contribution >= 0.6 is 0 Å². The van der Waals surface area contributed by atoms with Gasteiger partial charge in [-0.2, -0.15) is 5.10 Å². The van der Waals surface area contributed by atoms with Crippen molar-refractivity contribution in [3.63, 3.8) is 0 Å². The second-order valence-corrected chi connectivity index (χ2v) is 4.40. The number of hydrogen-bond donors (Lipinski definition) is 2. The van der Waals surface area contributed by atoms with Gasteiger partial charge in [-0.15, -0.1) is 0 Å². The molecule has 0 fully saturated rings. The second-order valence-electron chi connectivity index (χ2n) is 4.40. The molecule has 0 saturated heterocycles. The number of non-ortho nitro benzene ring substituents is 1. The predicted octanol–water partition coefficient (Wildman–Crippen LogP) is 2.63. The highest BCUT2D eigenvalue weighted by molar-refractivity contribution is 5.75. The van der Waals surface area contributed by atoms with E-state index in [0.29, 0.717) is 22.9 Å². The third kappa shape index (κ3) is 2.44. The van der Waals surface area contributed by atoms with Crippen LogP contribution in [0.5, 0.6) is 0 Å². The minimum atomic E-state index is -0.475.